The third-order valence-electron chi connectivity index (χ3n) is 7.28. The molecule has 320 valence electrons. The van der Waals surface area contributed by atoms with E-state index in [2.05, 4.69) is 123 Å². The van der Waals surface area contributed by atoms with E-state index in [1.807, 2.05) is 19.6 Å². The molecule has 0 aliphatic carbocycles. The SMILES string of the molecule is CC(=O)NC1C(OC(C(C=O)O[Si](C)(C)C)C(O[Si](C)(C)C)C(CO[Si](C)(C)C)O[Si](C)(C)C)OC(CO[Si](C)(C)C)C(O[Si](C)(C)C)C1O[Si](C)(C)C. The molecule has 1 rings (SSSR count). The van der Waals surface area contributed by atoms with Crippen LogP contribution in [0.15, 0.2) is 0 Å². The molecule has 12 nitrogen and oxygen atoms in total. The average Bonchev–Trinajstić information content (AvgIpc) is 2.89. The molecular weight excluding hydrogens is 807 g/mol. The summed E-state index contributed by atoms with van der Waals surface area (Å²) in [5, 5.41) is 3.14. The predicted molar refractivity (Wildman–Crippen MR) is 237 cm³/mol. The summed E-state index contributed by atoms with van der Waals surface area (Å²) in [7, 11) is -15.5. The molecule has 1 aliphatic heterocycles. The van der Waals surface area contributed by atoms with Crippen LogP contribution in [-0.4, -0.2) is 139 Å². The van der Waals surface area contributed by atoms with Gasteiger partial charge in [-0.25, -0.2) is 0 Å². The second-order valence-corrected chi connectivity index (χ2v) is 52.7. The smallest absolute Gasteiger partial charge is 0.217 e. The van der Waals surface area contributed by atoms with Crippen molar-refractivity contribution in [3.8, 4) is 0 Å². The fraction of sp³-hybridized carbons (Fsp3) is 0.943. The Morgan fingerprint density at radius 3 is 1.46 bits per heavy atom. The summed E-state index contributed by atoms with van der Waals surface area (Å²) < 4.78 is 61.7. The van der Waals surface area contributed by atoms with Crippen LogP contribution in [0.1, 0.15) is 6.92 Å². The Morgan fingerprint density at radius 2 is 1.07 bits per heavy atom. The minimum atomic E-state index is -2.36. The Labute approximate surface area is 337 Å². The van der Waals surface area contributed by atoms with E-state index in [1.165, 1.54) is 6.92 Å². The summed E-state index contributed by atoms with van der Waals surface area (Å²) in [5.74, 6) is -0.273. The van der Waals surface area contributed by atoms with E-state index in [-0.39, 0.29) is 19.1 Å². The van der Waals surface area contributed by atoms with Crippen molar-refractivity contribution in [2.45, 2.75) is 199 Å². The van der Waals surface area contributed by atoms with Crippen molar-refractivity contribution in [3.63, 3.8) is 0 Å². The number of aldehydes is 1. The van der Waals surface area contributed by atoms with Gasteiger partial charge in [-0.15, -0.1) is 0 Å². The van der Waals surface area contributed by atoms with Gasteiger partial charge in [0.05, 0.1) is 25.4 Å². The number of hydrogen-bond donors (Lipinski definition) is 1. The third kappa shape index (κ3) is 21.9. The lowest BCUT2D eigenvalue weighted by Crippen LogP contribution is -2.70. The molecule has 0 aromatic rings. The van der Waals surface area contributed by atoms with Crippen molar-refractivity contribution >= 4 is 70.4 Å². The molecule has 0 radical (unpaired) electrons. The number of hydrogen-bond acceptors (Lipinski definition) is 11. The van der Waals surface area contributed by atoms with Crippen molar-refractivity contribution in [3.05, 3.63) is 0 Å². The Morgan fingerprint density at radius 1 is 0.611 bits per heavy atom. The van der Waals surface area contributed by atoms with Gasteiger partial charge in [-0.1, -0.05) is 0 Å². The fourth-order valence-corrected chi connectivity index (χ4v) is 12.5. The maximum Gasteiger partial charge on any atom is 0.217 e. The van der Waals surface area contributed by atoms with Crippen molar-refractivity contribution in [1.29, 1.82) is 0 Å². The van der Waals surface area contributed by atoms with Gasteiger partial charge in [0.15, 0.2) is 64.5 Å². The molecule has 1 aliphatic rings. The third-order valence-corrected chi connectivity index (χ3v) is 14.3. The summed E-state index contributed by atoms with van der Waals surface area (Å²) in [5.41, 5.74) is 0. The van der Waals surface area contributed by atoms with E-state index >= 15 is 0 Å². The first-order valence-electron chi connectivity index (χ1n) is 19.6. The normalized spacial score (nSPS) is 24.8. The maximum absolute atomic E-state index is 13.3. The highest BCUT2D eigenvalue weighted by Gasteiger charge is 2.54. The summed E-state index contributed by atoms with van der Waals surface area (Å²) in [4.78, 5) is 26.4. The largest absolute Gasteiger partial charge is 0.415 e. The Bertz CT molecular complexity index is 1170. The Hall–Kier alpha value is 0.298. The van der Waals surface area contributed by atoms with E-state index in [0.29, 0.717) is 0 Å². The molecule has 0 spiro atoms. The maximum atomic E-state index is 13.3. The minimum Gasteiger partial charge on any atom is -0.415 e. The Balaban J connectivity index is 4.21. The Kier molecular flexibility index (Phi) is 19.4. The minimum absolute atomic E-state index is 0.247. The lowest BCUT2D eigenvalue weighted by molar-refractivity contribution is -0.292. The average molecular weight is 889 g/mol. The van der Waals surface area contributed by atoms with Crippen molar-refractivity contribution in [1.82, 2.24) is 5.32 Å². The van der Waals surface area contributed by atoms with E-state index in [4.69, 9.17) is 40.5 Å². The standard InChI is InChI=1S/C35H81NO11Si7/c1-26(38)36-30-34(47-54(20,21)22)32(45-52(14,15)16)28(24-39-48(2,3)4)41-35(30)42-31(27(23-37)43-50(8,9)10)33(46-53(17,18)19)29(44-51(11,12)13)25-40-49(5,6)7/h23,27-35H,24-25H2,1-22H3,(H,36,38). The van der Waals surface area contributed by atoms with Gasteiger partial charge in [-0.05, 0) is 137 Å². The number of carbonyl (C=O) groups is 2. The van der Waals surface area contributed by atoms with Crippen LogP contribution < -0.4 is 5.32 Å². The van der Waals surface area contributed by atoms with Gasteiger partial charge in [-0.3, -0.25) is 4.79 Å². The zero-order valence-corrected chi connectivity index (χ0v) is 45.2. The molecule has 1 fully saturated rings. The van der Waals surface area contributed by atoms with Gasteiger partial charge < -0.3 is 50.6 Å². The first kappa shape index (κ1) is 52.3. The molecule has 0 aromatic carbocycles. The number of amides is 1. The second kappa shape index (κ2) is 20.0. The van der Waals surface area contributed by atoms with Crippen LogP contribution in [0.25, 0.3) is 0 Å². The van der Waals surface area contributed by atoms with Crippen molar-refractivity contribution < 1.29 is 50.0 Å². The molecule has 54 heavy (non-hydrogen) atoms. The number of nitrogens with one attached hydrogen (secondary N) is 1. The highest BCUT2D eigenvalue weighted by Crippen LogP contribution is 2.35. The van der Waals surface area contributed by atoms with Crippen LogP contribution in [0.4, 0.5) is 0 Å². The monoisotopic (exact) mass is 887 g/mol. The van der Waals surface area contributed by atoms with Gasteiger partial charge in [-0.2, -0.15) is 0 Å². The van der Waals surface area contributed by atoms with E-state index in [0.717, 1.165) is 6.29 Å². The summed E-state index contributed by atoms with van der Waals surface area (Å²) >= 11 is 0. The number of rotatable bonds is 23. The molecule has 1 amide bonds. The molecular formula is C35H81NO11Si7. The van der Waals surface area contributed by atoms with Crippen molar-refractivity contribution in [2.75, 3.05) is 13.2 Å². The van der Waals surface area contributed by atoms with Gasteiger partial charge >= 0.3 is 0 Å². The highest BCUT2D eigenvalue weighted by atomic mass is 28.4. The number of ether oxygens (including phenoxy) is 2. The first-order valence-corrected chi connectivity index (χ1v) is 43.4. The molecule has 19 heteroatoms. The van der Waals surface area contributed by atoms with E-state index in [1.54, 1.807) is 0 Å². The van der Waals surface area contributed by atoms with Gasteiger partial charge in [0.1, 0.15) is 42.8 Å². The molecule has 0 saturated carbocycles. The quantitative estimate of drug-likeness (QED) is 0.0805. The molecule has 0 bridgehead atoms. The van der Waals surface area contributed by atoms with Crippen LogP contribution in [0.5, 0.6) is 0 Å². The zero-order chi connectivity index (χ0) is 42.5. The van der Waals surface area contributed by atoms with Crippen LogP contribution in [0.3, 0.4) is 0 Å². The van der Waals surface area contributed by atoms with Crippen LogP contribution in [0, 0.1) is 0 Å². The zero-order valence-electron chi connectivity index (χ0n) is 38.2. The van der Waals surface area contributed by atoms with E-state index in [9.17, 15) is 9.59 Å². The van der Waals surface area contributed by atoms with Gasteiger partial charge in [0.2, 0.25) is 5.91 Å². The molecule has 0 aromatic heterocycles. The van der Waals surface area contributed by atoms with Crippen LogP contribution in [0.2, 0.25) is 137 Å². The van der Waals surface area contributed by atoms with E-state index < -0.39 is 113 Å². The molecule has 1 heterocycles. The van der Waals surface area contributed by atoms with Crippen LogP contribution >= 0.6 is 0 Å². The molecule has 1 saturated heterocycles. The molecule has 9 atom stereocenters. The first-order chi connectivity index (χ1) is 23.9. The summed E-state index contributed by atoms with van der Waals surface area (Å²) in [6.07, 6.45) is -5.50. The highest BCUT2D eigenvalue weighted by molar-refractivity contribution is 6.72. The summed E-state index contributed by atoms with van der Waals surface area (Å²) in [6.45, 7) is 46.3. The lowest BCUT2D eigenvalue weighted by atomic mass is 9.96. The summed E-state index contributed by atoms with van der Waals surface area (Å²) in [6, 6.07) is -0.803. The van der Waals surface area contributed by atoms with Gasteiger partial charge in [0, 0.05) is 6.92 Å². The fourth-order valence-electron chi connectivity index (χ4n) is 5.79. The second-order valence-electron chi connectivity index (χ2n) is 21.4. The van der Waals surface area contributed by atoms with Gasteiger partial charge in [0.25, 0.3) is 0 Å². The van der Waals surface area contributed by atoms with Crippen LogP contribution in [-0.2, 0) is 50.0 Å². The molecule has 1 N–H and O–H groups in total. The predicted octanol–water partition coefficient (Wildman–Crippen LogP) is 7.60. The van der Waals surface area contributed by atoms with Crippen molar-refractivity contribution in [2.24, 2.45) is 0 Å². The number of carbonyl (C=O) groups excluding carboxylic acids is 2. The molecule has 9 unspecified atom stereocenters. The topological polar surface area (TPSA) is 129 Å². The lowest BCUT2D eigenvalue weighted by Gasteiger charge is -2.51.